The normalized spacial score (nSPS) is 18.3. The zero-order valence-corrected chi connectivity index (χ0v) is 20.1. The van der Waals surface area contributed by atoms with E-state index in [1.807, 2.05) is 24.3 Å². The molecule has 1 aromatic heterocycles. The number of aromatic nitrogens is 1. The van der Waals surface area contributed by atoms with Crippen LogP contribution < -0.4 is 5.32 Å². The molecule has 0 unspecified atom stereocenters. The number of likely N-dealkylation sites (N-methyl/N-ethyl adjacent to an activating group) is 1. The Morgan fingerprint density at radius 2 is 1.97 bits per heavy atom. The molecule has 2 aliphatic rings. The van der Waals surface area contributed by atoms with Gasteiger partial charge in [0.1, 0.15) is 10.7 Å². The van der Waals surface area contributed by atoms with Crippen molar-refractivity contribution in [1.29, 1.82) is 0 Å². The Bertz CT molecular complexity index is 940. The fourth-order valence-electron chi connectivity index (χ4n) is 3.89. The molecular formula is C20H26Cl2F3N5OS. The maximum Gasteiger partial charge on any atom is 0.443 e. The fourth-order valence-corrected chi connectivity index (χ4v) is 4.73. The number of benzene rings is 1. The number of piperazine rings is 1. The number of hydrogen-bond donors (Lipinski definition) is 1. The van der Waals surface area contributed by atoms with Gasteiger partial charge in [-0.1, -0.05) is 30.4 Å². The molecule has 1 aromatic carbocycles. The second-order valence-electron chi connectivity index (χ2n) is 7.28. The number of ether oxygens (including phenoxy) is 1. The van der Waals surface area contributed by atoms with E-state index in [9.17, 15) is 13.2 Å². The van der Waals surface area contributed by atoms with Gasteiger partial charge in [-0.25, -0.2) is 9.98 Å². The smallest absolute Gasteiger partial charge is 0.385 e. The highest BCUT2D eigenvalue weighted by atomic mass is 35.5. The number of methoxy groups -OCH3 is 1. The van der Waals surface area contributed by atoms with E-state index in [0.29, 0.717) is 53.2 Å². The molecule has 0 bridgehead atoms. The van der Waals surface area contributed by atoms with Crippen LogP contribution in [0.25, 0.3) is 0 Å². The SMILES string of the molecule is CCN1CCN(C2=Nc3ccccc3Nc3sc(C(F)(F)F)nc32)C[C@@H]1CCOC.Cl.Cl. The van der Waals surface area contributed by atoms with E-state index in [2.05, 4.69) is 27.0 Å². The second-order valence-corrected chi connectivity index (χ2v) is 8.28. The Kier molecular flexibility index (Phi) is 9.18. The topological polar surface area (TPSA) is 53.0 Å². The first-order chi connectivity index (χ1) is 14.4. The van der Waals surface area contributed by atoms with Crippen molar-refractivity contribution in [2.75, 3.05) is 45.2 Å². The van der Waals surface area contributed by atoms with Crippen LogP contribution in [-0.4, -0.2) is 66.6 Å². The molecule has 0 radical (unpaired) electrons. The Morgan fingerprint density at radius 1 is 1.22 bits per heavy atom. The van der Waals surface area contributed by atoms with Crippen LogP contribution in [0.15, 0.2) is 29.3 Å². The number of halogens is 5. The van der Waals surface area contributed by atoms with Crippen molar-refractivity contribution in [3.8, 4) is 0 Å². The van der Waals surface area contributed by atoms with E-state index < -0.39 is 11.2 Å². The summed E-state index contributed by atoms with van der Waals surface area (Å²) in [7, 11) is 1.68. The molecule has 3 heterocycles. The van der Waals surface area contributed by atoms with E-state index in [0.717, 1.165) is 19.5 Å². The number of para-hydroxylation sites is 2. The average molecular weight is 512 g/mol. The number of amidine groups is 1. The number of alkyl halides is 3. The van der Waals surface area contributed by atoms with Gasteiger partial charge in [-0.05, 0) is 25.1 Å². The fraction of sp³-hybridized carbons (Fsp3) is 0.500. The predicted molar refractivity (Wildman–Crippen MR) is 127 cm³/mol. The van der Waals surface area contributed by atoms with Crippen LogP contribution in [-0.2, 0) is 10.9 Å². The lowest BCUT2D eigenvalue weighted by atomic mass is 10.1. The van der Waals surface area contributed by atoms with Gasteiger partial charge >= 0.3 is 6.18 Å². The van der Waals surface area contributed by atoms with E-state index >= 15 is 0 Å². The van der Waals surface area contributed by atoms with Gasteiger partial charge in [0.25, 0.3) is 0 Å². The first-order valence-electron chi connectivity index (χ1n) is 9.91. The highest BCUT2D eigenvalue weighted by Gasteiger charge is 2.39. The Morgan fingerprint density at radius 3 is 2.66 bits per heavy atom. The van der Waals surface area contributed by atoms with Gasteiger partial charge in [0.05, 0.1) is 11.4 Å². The zero-order chi connectivity index (χ0) is 21.3. The van der Waals surface area contributed by atoms with Crippen molar-refractivity contribution in [2.24, 2.45) is 4.99 Å². The van der Waals surface area contributed by atoms with Crippen LogP contribution in [0.5, 0.6) is 0 Å². The Labute approximate surface area is 201 Å². The number of fused-ring (bicyclic) bond motifs is 2. The second kappa shape index (κ2) is 11.0. The first-order valence-corrected chi connectivity index (χ1v) is 10.7. The third-order valence-corrected chi connectivity index (χ3v) is 6.44. The lowest BCUT2D eigenvalue weighted by Crippen LogP contribution is -2.55. The molecule has 0 spiro atoms. The van der Waals surface area contributed by atoms with Crippen molar-refractivity contribution < 1.29 is 17.9 Å². The quantitative estimate of drug-likeness (QED) is 0.612. The molecule has 4 rings (SSSR count). The summed E-state index contributed by atoms with van der Waals surface area (Å²) in [6, 6.07) is 7.61. The third-order valence-electron chi connectivity index (χ3n) is 5.43. The minimum absolute atomic E-state index is 0. The summed E-state index contributed by atoms with van der Waals surface area (Å²) in [6.45, 7) is 5.82. The number of aliphatic imine (C=N–C) groups is 1. The molecule has 0 aliphatic carbocycles. The number of thiazole rings is 1. The van der Waals surface area contributed by atoms with E-state index in [4.69, 9.17) is 9.73 Å². The lowest BCUT2D eigenvalue weighted by Gasteiger charge is -2.42. The number of anilines is 2. The molecule has 0 amide bonds. The van der Waals surface area contributed by atoms with Crippen molar-refractivity contribution in [1.82, 2.24) is 14.8 Å². The minimum atomic E-state index is -4.49. The van der Waals surface area contributed by atoms with E-state index in [-0.39, 0.29) is 36.5 Å². The van der Waals surface area contributed by atoms with Crippen molar-refractivity contribution in [2.45, 2.75) is 25.6 Å². The van der Waals surface area contributed by atoms with Crippen molar-refractivity contribution in [3.63, 3.8) is 0 Å². The molecule has 1 atom stereocenters. The zero-order valence-electron chi connectivity index (χ0n) is 17.7. The van der Waals surface area contributed by atoms with Crippen LogP contribution in [0.3, 0.4) is 0 Å². The summed E-state index contributed by atoms with van der Waals surface area (Å²) in [5.74, 6) is 0.493. The predicted octanol–water partition coefficient (Wildman–Crippen LogP) is 5.18. The number of rotatable bonds is 4. The molecular weight excluding hydrogens is 486 g/mol. The van der Waals surface area contributed by atoms with E-state index in [1.165, 1.54) is 0 Å². The van der Waals surface area contributed by atoms with Crippen LogP contribution in [0.4, 0.5) is 29.5 Å². The van der Waals surface area contributed by atoms with Crippen molar-refractivity contribution >= 4 is 58.4 Å². The summed E-state index contributed by atoms with van der Waals surface area (Å²) in [5, 5.41) is 2.62. The molecule has 0 saturated carbocycles. The summed E-state index contributed by atoms with van der Waals surface area (Å²) in [4.78, 5) is 13.2. The van der Waals surface area contributed by atoms with Gasteiger partial charge in [-0.15, -0.1) is 24.8 Å². The first kappa shape index (κ1) is 26.7. The maximum absolute atomic E-state index is 13.4. The maximum atomic E-state index is 13.4. The largest absolute Gasteiger partial charge is 0.443 e. The van der Waals surface area contributed by atoms with Gasteiger partial charge < -0.3 is 15.0 Å². The molecule has 1 N–H and O–H groups in total. The van der Waals surface area contributed by atoms with Crippen LogP contribution in [0.2, 0.25) is 0 Å². The molecule has 2 aliphatic heterocycles. The molecule has 32 heavy (non-hydrogen) atoms. The van der Waals surface area contributed by atoms with E-state index in [1.54, 1.807) is 7.11 Å². The Balaban J connectivity index is 0.00000181. The van der Waals surface area contributed by atoms with Gasteiger partial charge in [-0.3, -0.25) is 4.90 Å². The molecule has 178 valence electrons. The molecule has 12 heteroatoms. The monoisotopic (exact) mass is 511 g/mol. The summed E-state index contributed by atoms with van der Waals surface area (Å²) in [5.41, 5.74) is 1.63. The standard InChI is InChI=1S/C20H24F3N5OS.2ClH/c1-3-27-9-10-28(12-13(27)8-11-29-2)17-16-18(30-19(26-16)20(21,22)23)25-15-7-5-4-6-14(15)24-17;;/h4-7,13,25H,3,8-12H2,1-2H3;2*1H/t13-;;/m0../s1. The van der Waals surface area contributed by atoms with Gasteiger partial charge in [0.2, 0.25) is 5.01 Å². The van der Waals surface area contributed by atoms with Gasteiger partial charge in [0.15, 0.2) is 5.84 Å². The molecule has 2 aromatic rings. The van der Waals surface area contributed by atoms with Crippen molar-refractivity contribution in [3.05, 3.63) is 35.0 Å². The van der Waals surface area contributed by atoms with Crippen LogP contribution >= 0.6 is 36.2 Å². The lowest BCUT2D eigenvalue weighted by molar-refractivity contribution is -0.137. The van der Waals surface area contributed by atoms with Gasteiger partial charge in [0, 0.05) is 39.4 Å². The number of hydrogen-bond acceptors (Lipinski definition) is 7. The van der Waals surface area contributed by atoms with Gasteiger partial charge in [-0.2, -0.15) is 13.2 Å². The number of nitrogens with one attached hydrogen (secondary N) is 1. The number of nitrogens with zero attached hydrogens (tertiary/aromatic N) is 4. The van der Waals surface area contributed by atoms with Crippen LogP contribution in [0, 0.1) is 0 Å². The highest BCUT2D eigenvalue weighted by molar-refractivity contribution is 7.16. The molecule has 1 fully saturated rings. The molecule has 6 nitrogen and oxygen atoms in total. The highest BCUT2D eigenvalue weighted by Crippen LogP contribution is 2.42. The Hall–Kier alpha value is -1.59. The summed E-state index contributed by atoms with van der Waals surface area (Å²) < 4.78 is 45.4. The average Bonchev–Trinajstić information content (AvgIpc) is 3.09. The molecule has 1 saturated heterocycles. The third kappa shape index (κ3) is 5.48. The summed E-state index contributed by atoms with van der Waals surface area (Å²) >= 11 is 0.622. The summed E-state index contributed by atoms with van der Waals surface area (Å²) in [6.07, 6.45) is -3.65. The minimum Gasteiger partial charge on any atom is -0.385 e. The van der Waals surface area contributed by atoms with Crippen LogP contribution in [0.1, 0.15) is 24.0 Å².